The molecule has 1 rings (SSSR count). The number of halogens is 5. The van der Waals surface area contributed by atoms with Gasteiger partial charge in [-0.2, -0.15) is 0 Å². The van der Waals surface area contributed by atoms with Crippen molar-refractivity contribution < 1.29 is 13.2 Å². The molecule has 0 amide bonds. The average Bonchev–Trinajstić information content (AvgIpc) is 2.11. The highest BCUT2D eigenvalue weighted by Crippen LogP contribution is 2.31. The summed E-state index contributed by atoms with van der Waals surface area (Å²) in [5.74, 6) is -0.836. The highest BCUT2D eigenvalue weighted by molar-refractivity contribution is 6.33. The minimum atomic E-state index is -2.62. The predicted octanol–water partition coefficient (Wildman–Crippen LogP) is 3.79. The van der Waals surface area contributed by atoms with Crippen LogP contribution in [0.5, 0.6) is 0 Å². The number of rotatable bonds is 3. The molecule has 2 N–H and O–H groups in total. The van der Waals surface area contributed by atoms with E-state index in [0.29, 0.717) is 0 Å². The van der Waals surface area contributed by atoms with Crippen LogP contribution in [0.25, 0.3) is 0 Å². The summed E-state index contributed by atoms with van der Waals surface area (Å²) < 4.78 is 37.5. The fraction of sp³-hybridized carbons (Fsp3) is 0.333. The summed E-state index contributed by atoms with van der Waals surface area (Å²) in [7, 11) is 0. The molecule has 1 nitrogen and oxygen atoms in total. The topological polar surface area (TPSA) is 26.0 Å². The Hall–Kier alpha value is -0.450. The molecular weight excluding hydrogens is 250 g/mol. The third kappa shape index (κ3) is 3.00. The monoisotopic (exact) mass is 257 g/mol. The fourth-order valence-corrected chi connectivity index (χ4v) is 1.64. The highest BCUT2D eigenvalue weighted by Gasteiger charge is 2.21. The van der Waals surface area contributed by atoms with Gasteiger partial charge in [0.25, 0.3) is 0 Å². The van der Waals surface area contributed by atoms with Crippen molar-refractivity contribution in [2.45, 2.75) is 18.9 Å². The van der Waals surface area contributed by atoms with Crippen LogP contribution >= 0.6 is 23.2 Å². The number of hydrogen-bond donors (Lipinski definition) is 1. The van der Waals surface area contributed by atoms with Crippen LogP contribution in [0.3, 0.4) is 0 Å². The summed E-state index contributed by atoms with van der Waals surface area (Å²) in [4.78, 5) is 0. The Morgan fingerprint density at radius 3 is 2.27 bits per heavy atom. The van der Waals surface area contributed by atoms with E-state index in [1.807, 2.05) is 0 Å². The highest BCUT2D eigenvalue weighted by atomic mass is 35.5. The molecule has 0 aliphatic rings. The normalized spacial score (nSPS) is 13.3. The van der Waals surface area contributed by atoms with Gasteiger partial charge in [-0.3, -0.25) is 0 Å². The molecule has 0 spiro atoms. The van der Waals surface area contributed by atoms with Gasteiger partial charge in [-0.05, 0) is 12.1 Å². The molecule has 6 heteroatoms. The second-order valence-electron chi connectivity index (χ2n) is 2.99. The SMILES string of the molecule is N[C@@H](CC(F)F)c1c(Cl)ccc(Cl)c1F. The van der Waals surface area contributed by atoms with Crippen molar-refractivity contribution in [2.75, 3.05) is 0 Å². The molecule has 1 aromatic carbocycles. The smallest absolute Gasteiger partial charge is 0.240 e. The van der Waals surface area contributed by atoms with E-state index in [2.05, 4.69) is 0 Å². The first-order valence-electron chi connectivity index (χ1n) is 4.10. The molecule has 0 bridgehead atoms. The Kier molecular flexibility index (Phi) is 4.25. The summed E-state index contributed by atoms with van der Waals surface area (Å²) in [5.41, 5.74) is 5.24. The molecule has 0 aliphatic carbocycles. The lowest BCUT2D eigenvalue weighted by molar-refractivity contribution is 0.128. The summed E-state index contributed by atoms with van der Waals surface area (Å²) in [5, 5.41) is -0.177. The van der Waals surface area contributed by atoms with Gasteiger partial charge in [0.05, 0.1) is 5.02 Å². The maximum absolute atomic E-state index is 13.4. The van der Waals surface area contributed by atoms with Crippen molar-refractivity contribution in [3.63, 3.8) is 0 Å². The molecule has 1 atom stereocenters. The maximum Gasteiger partial charge on any atom is 0.240 e. The van der Waals surface area contributed by atoms with Gasteiger partial charge in [-0.15, -0.1) is 0 Å². The third-order valence-electron chi connectivity index (χ3n) is 1.88. The zero-order chi connectivity index (χ0) is 11.6. The van der Waals surface area contributed by atoms with Crippen LogP contribution in [-0.4, -0.2) is 6.43 Å². The first-order chi connectivity index (χ1) is 6.93. The van der Waals surface area contributed by atoms with Crippen LogP contribution in [-0.2, 0) is 0 Å². The van der Waals surface area contributed by atoms with Gasteiger partial charge in [0, 0.05) is 23.0 Å². The van der Waals surface area contributed by atoms with E-state index in [9.17, 15) is 13.2 Å². The summed E-state index contributed by atoms with van der Waals surface area (Å²) in [6.07, 6.45) is -3.27. The molecule has 0 saturated heterocycles. The summed E-state index contributed by atoms with van der Waals surface area (Å²) in [6.45, 7) is 0. The van der Waals surface area contributed by atoms with Crippen LogP contribution in [0, 0.1) is 5.82 Å². The van der Waals surface area contributed by atoms with Gasteiger partial charge in [-0.1, -0.05) is 23.2 Å². The standard InChI is InChI=1S/C9H8Cl2F3N/c10-4-1-2-5(11)9(14)8(4)6(15)3-7(12)13/h1-2,6-7H,3,15H2/t6-/m0/s1. The first-order valence-corrected chi connectivity index (χ1v) is 4.86. The molecule has 0 heterocycles. The van der Waals surface area contributed by atoms with Crippen LogP contribution in [0.4, 0.5) is 13.2 Å². The van der Waals surface area contributed by atoms with Crippen molar-refractivity contribution in [1.29, 1.82) is 0 Å². The molecule has 0 aromatic heterocycles. The minimum absolute atomic E-state index is 0.00468. The van der Waals surface area contributed by atoms with Crippen LogP contribution in [0.1, 0.15) is 18.0 Å². The Morgan fingerprint density at radius 1 is 1.20 bits per heavy atom. The van der Waals surface area contributed by atoms with Crippen LogP contribution in [0.15, 0.2) is 12.1 Å². The van der Waals surface area contributed by atoms with E-state index in [4.69, 9.17) is 28.9 Å². The Morgan fingerprint density at radius 2 is 1.73 bits per heavy atom. The zero-order valence-electron chi connectivity index (χ0n) is 7.48. The van der Waals surface area contributed by atoms with Gasteiger partial charge in [0.15, 0.2) is 0 Å². The third-order valence-corrected chi connectivity index (χ3v) is 2.50. The number of nitrogens with two attached hydrogens (primary N) is 1. The summed E-state index contributed by atoms with van der Waals surface area (Å²) >= 11 is 11.1. The largest absolute Gasteiger partial charge is 0.324 e. The van der Waals surface area contributed by atoms with Gasteiger partial charge in [0.2, 0.25) is 6.43 Å². The molecular formula is C9H8Cl2F3N. The number of hydrogen-bond acceptors (Lipinski definition) is 1. The van der Waals surface area contributed by atoms with Crippen molar-refractivity contribution in [1.82, 2.24) is 0 Å². The number of alkyl halides is 2. The molecule has 0 radical (unpaired) electrons. The second kappa shape index (κ2) is 5.05. The van der Waals surface area contributed by atoms with Gasteiger partial charge < -0.3 is 5.73 Å². The fourth-order valence-electron chi connectivity index (χ4n) is 1.19. The van der Waals surface area contributed by atoms with Crippen molar-refractivity contribution >= 4 is 23.2 Å². The lowest BCUT2D eigenvalue weighted by Gasteiger charge is -2.14. The predicted molar refractivity (Wildman–Crippen MR) is 54.0 cm³/mol. The van der Waals surface area contributed by atoms with Crippen LogP contribution in [0.2, 0.25) is 10.0 Å². The molecule has 0 fully saturated rings. The zero-order valence-corrected chi connectivity index (χ0v) is 9.00. The van der Waals surface area contributed by atoms with E-state index < -0.39 is 24.7 Å². The van der Waals surface area contributed by atoms with Crippen molar-refractivity contribution in [2.24, 2.45) is 5.73 Å². The van der Waals surface area contributed by atoms with Gasteiger partial charge in [-0.25, -0.2) is 13.2 Å². The van der Waals surface area contributed by atoms with Crippen molar-refractivity contribution in [3.05, 3.63) is 33.6 Å². The molecule has 84 valence electrons. The molecule has 0 unspecified atom stereocenters. The van der Waals surface area contributed by atoms with Crippen LogP contribution < -0.4 is 5.73 Å². The Bertz CT molecular complexity index is 357. The van der Waals surface area contributed by atoms with E-state index in [1.165, 1.54) is 12.1 Å². The quantitative estimate of drug-likeness (QED) is 0.820. The van der Waals surface area contributed by atoms with E-state index >= 15 is 0 Å². The van der Waals surface area contributed by atoms with Gasteiger partial charge in [0.1, 0.15) is 5.82 Å². The van der Waals surface area contributed by atoms with E-state index in [1.54, 1.807) is 0 Å². The number of benzene rings is 1. The lowest BCUT2D eigenvalue weighted by atomic mass is 10.0. The average molecular weight is 258 g/mol. The Labute approximate surface area is 95.0 Å². The first kappa shape index (κ1) is 12.6. The molecule has 15 heavy (non-hydrogen) atoms. The molecule has 0 aliphatic heterocycles. The lowest BCUT2D eigenvalue weighted by Crippen LogP contribution is -2.16. The second-order valence-corrected chi connectivity index (χ2v) is 3.80. The minimum Gasteiger partial charge on any atom is -0.324 e. The van der Waals surface area contributed by atoms with E-state index in [0.717, 1.165) is 0 Å². The molecule has 1 aromatic rings. The summed E-state index contributed by atoms with van der Waals surface area (Å²) in [6, 6.07) is 1.42. The molecule has 0 saturated carbocycles. The van der Waals surface area contributed by atoms with E-state index in [-0.39, 0.29) is 15.6 Å². The maximum atomic E-state index is 13.4. The van der Waals surface area contributed by atoms with Crippen molar-refractivity contribution in [3.8, 4) is 0 Å². The Balaban J connectivity index is 3.07. The van der Waals surface area contributed by atoms with Gasteiger partial charge >= 0.3 is 0 Å².